The lowest BCUT2D eigenvalue weighted by molar-refractivity contribution is 0.414. The van der Waals surface area contributed by atoms with E-state index >= 15 is 0 Å². The molecule has 1 fully saturated rings. The first-order valence-electron chi connectivity index (χ1n) is 6.69. The number of benzene rings is 1. The van der Waals surface area contributed by atoms with Crippen molar-refractivity contribution in [2.75, 3.05) is 6.54 Å². The van der Waals surface area contributed by atoms with E-state index in [1.54, 1.807) is 0 Å². The molecule has 1 N–H and O–H groups in total. The molecule has 0 saturated heterocycles. The zero-order valence-corrected chi connectivity index (χ0v) is 12.3. The highest BCUT2D eigenvalue weighted by Gasteiger charge is 2.27. The molecule has 2 atom stereocenters. The van der Waals surface area contributed by atoms with E-state index in [1.165, 1.54) is 18.4 Å². The third-order valence-corrected chi connectivity index (χ3v) is 4.32. The van der Waals surface area contributed by atoms with Crippen LogP contribution in [-0.4, -0.2) is 6.54 Å². The highest BCUT2D eigenvalue weighted by Crippen LogP contribution is 2.36. The van der Waals surface area contributed by atoms with Crippen LogP contribution in [0.25, 0.3) is 0 Å². The molecule has 94 valence electrons. The molecule has 1 aliphatic rings. The van der Waals surface area contributed by atoms with Crippen LogP contribution < -0.4 is 5.32 Å². The van der Waals surface area contributed by atoms with E-state index in [1.807, 2.05) is 0 Å². The fourth-order valence-electron chi connectivity index (χ4n) is 2.35. The molecule has 0 amide bonds. The summed E-state index contributed by atoms with van der Waals surface area (Å²) < 4.78 is 1.16. The van der Waals surface area contributed by atoms with Gasteiger partial charge in [0.05, 0.1) is 0 Å². The van der Waals surface area contributed by atoms with Gasteiger partial charge in [0.1, 0.15) is 0 Å². The Hall–Kier alpha value is -0.340. The van der Waals surface area contributed by atoms with Crippen molar-refractivity contribution in [1.29, 1.82) is 0 Å². The van der Waals surface area contributed by atoms with Gasteiger partial charge in [-0.25, -0.2) is 0 Å². The van der Waals surface area contributed by atoms with E-state index in [0.29, 0.717) is 6.04 Å². The molecule has 1 nitrogen and oxygen atoms in total. The lowest BCUT2D eigenvalue weighted by Gasteiger charge is -2.20. The number of nitrogens with one attached hydrogen (secondary N) is 1. The lowest BCUT2D eigenvalue weighted by Crippen LogP contribution is -2.26. The molecule has 0 aliphatic heterocycles. The Morgan fingerprint density at radius 1 is 1.29 bits per heavy atom. The van der Waals surface area contributed by atoms with Gasteiger partial charge < -0.3 is 5.32 Å². The number of rotatable bonds is 6. The Kier molecular flexibility index (Phi) is 4.63. The second kappa shape index (κ2) is 6.01. The van der Waals surface area contributed by atoms with Crippen LogP contribution in [0.4, 0.5) is 0 Å². The molecule has 0 aromatic heterocycles. The molecule has 0 bridgehead atoms. The van der Waals surface area contributed by atoms with E-state index in [9.17, 15) is 0 Å². The van der Waals surface area contributed by atoms with Crippen molar-refractivity contribution in [3.8, 4) is 0 Å². The molecule has 2 unspecified atom stereocenters. The molecular weight excluding hydrogens is 274 g/mol. The molecule has 1 aromatic carbocycles. The van der Waals surface area contributed by atoms with Gasteiger partial charge in [-0.2, -0.15) is 0 Å². The summed E-state index contributed by atoms with van der Waals surface area (Å²) in [6, 6.07) is 9.19. The Morgan fingerprint density at radius 2 is 1.94 bits per heavy atom. The molecular formula is C15H22BrN. The zero-order chi connectivity index (χ0) is 12.3. The molecule has 1 aliphatic carbocycles. The SMILES string of the molecule is CCC(NCC(C)C1CC1)c1ccc(Br)cc1. The summed E-state index contributed by atoms with van der Waals surface area (Å²) in [5, 5.41) is 3.71. The van der Waals surface area contributed by atoms with Gasteiger partial charge in [0.2, 0.25) is 0 Å². The van der Waals surface area contributed by atoms with Crippen molar-refractivity contribution in [3.05, 3.63) is 34.3 Å². The maximum atomic E-state index is 3.71. The lowest BCUT2D eigenvalue weighted by atomic mass is 10.0. The quantitative estimate of drug-likeness (QED) is 0.813. The highest BCUT2D eigenvalue weighted by molar-refractivity contribution is 9.10. The van der Waals surface area contributed by atoms with Crippen molar-refractivity contribution in [1.82, 2.24) is 5.32 Å². The first-order chi connectivity index (χ1) is 8.20. The van der Waals surface area contributed by atoms with Crippen molar-refractivity contribution in [2.45, 2.75) is 39.2 Å². The molecule has 1 saturated carbocycles. The summed E-state index contributed by atoms with van der Waals surface area (Å²) in [4.78, 5) is 0. The molecule has 1 aromatic rings. The maximum Gasteiger partial charge on any atom is 0.0317 e. The smallest absolute Gasteiger partial charge is 0.0317 e. The van der Waals surface area contributed by atoms with E-state index in [-0.39, 0.29) is 0 Å². The second-order valence-corrected chi connectivity index (χ2v) is 6.15. The Morgan fingerprint density at radius 3 is 2.47 bits per heavy atom. The molecule has 0 radical (unpaired) electrons. The van der Waals surface area contributed by atoms with Gasteiger partial charge in [-0.15, -0.1) is 0 Å². The maximum absolute atomic E-state index is 3.71. The average Bonchev–Trinajstić information content (AvgIpc) is 3.16. The Balaban J connectivity index is 1.88. The van der Waals surface area contributed by atoms with Gasteiger partial charge in [0.25, 0.3) is 0 Å². The first-order valence-corrected chi connectivity index (χ1v) is 7.49. The van der Waals surface area contributed by atoms with Gasteiger partial charge in [-0.3, -0.25) is 0 Å². The largest absolute Gasteiger partial charge is 0.310 e. The van der Waals surface area contributed by atoms with Gasteiger partial charge >= 0.3 is 0 Å². The van der Waals surface area contributed by atoms with Gasteiger partial charge in [0.15, 0.2) is 0 Å². The topological polar surface area (TPSA) is 12.0 Å². The summed E-state index contributed by atoms with van der Waals surface area (Å²) in [5.41, 5.74) is 1.40. The fourth-order valence-corrected chi connectivity index (χ4v) is 2.62. The predicted octanol–water partition coefficient (Wildman–Crippen LogP) is 4.54. The fraction of sp³-hybridized carbons (Fsp3) is 0.600. The normalized spacial score (nSPS) is 19.0. The van der Waals surface area contributed by atoms with Crippen LogP contribution in [-0.2, 0) is 0 Å². The minimum atomic E-state index is 0.504. The minimum absolute atomic E-state index is 0.504. The summed E-state index contributed by atoms with van der Waals surface area (Å²) in [6.07, 6.45) is 4.04. The van der Waals surface area contributed by atoms with Crippen molar-refractivity contribution >= 4 is 15.9 Å². The van der Waals surface area contributed by atoms with E-state index < -0.39 is 0 Å². The van der Waals surface area contributed by atoms with Gasteiger partial charge in [0, 0.05) is 10.5 Å². The Bertz CT molecular complexity index is 342. The standard InChI is InChI=1S/C15H22BrN/c1-3-15(13-6-8-14(16)9-7-13)17-10-11(2)12-4-5-12/h6-9,11-12,15,17H,3-5,10H2,1-2H3. The van der Waals surface area contributed by atoms with Crippen LogP contribution in [0.2, 0.25) is 0 Å². The molecule has 2 rings (SSSR count). The zero-order valence-electron chi connectivity index (χ0n) is 10.7. The van der Waals surface area contributed by atoms with Crippen molar-refractivity contribution in [3.63, 3.8) is 0 Å². The third-order valence-electron chi connectivity index (χ3n) is 3.79. The third kappa shape index (κ3) is 3.82. The molecule has 17 heavy (non-hydrogen) atoms. The summed E-state index contributed by atoms with van der Waals surface area (Å²) in [6.45, 7) is 5.78. The van der Waals surface area contributed by atoms with Crippen LogP contribution in [0.1, 0.15) is 44.7 Å². The summed E-state index contributed by atoms with van der Waals surface area (Å²) in [7, 11) is 0. The summed E-state index contributed by atoms with van der Waals surface area (Å²) in [5.74, 6) is 1.82. The van der Waals surface area contributed by atoms with Crippen molar-refractivity contribution < 1.29 is 0 Å². The number of hydrogen-bond acceptors (Lipinski definition) is 1. The van der Waals surface area contributed by atoms with Crippen LogP contribution >= 0.6 is 15.9 Å². The average molecular weight is 296 g/mol. The van der Waals surface area contributed by atoms with E-state index in [0.717, 1.165) is 29.3 Å². The molecule has 0 heterocycles. The van der Waals surface area contributed by atoms with Gasteiger partial charge in [-0.05, 0) is 55.3 Å². The number of halogens is 1. The van der Waals surface area contributed by atoms with E-state index in [2.05, 4.69) is 59.4 Å². The van der Waals surface area contributed by atoms with E-state index in [4.69, 9.17) is 0 Å². The summed E-state index contributed by atoms with van der Waals surface area (Å²) >= 11 is 3.49. The highest BCUT2D eigenvalue weighted by atomic mass is 79.9. The van der Waals surface area contributed by atoms with Crippen LogP contribution in [0.15, 0.2) is 28.7 Å². The monoisotopic (exact) mass is 295 g/mol. The van der Waals surface area contributed by atoms with Crippen molar-refractivity contribution in [2.24, 2.45) is 11.8 Å². The van der Waals surface area contributed by atoms with Crippen LogP contribution in [0.5, 0.6) is 0 Å². The van der Waals surface area contributed by atoms with Crippen LogP contribution in [0, 0.1) is 11.8 Å². The van der Waals surface area contributed by atoms with Gasteiger partial charge in [-0.1, -0.05) is 41.9 Å². The molecule has 2 heteroatoms. The molecule has 0 spiro atoms. The number of hydrogen-bond donors (Lipinski definition) is 1. The minimum Gasteiger partial charge on any atom is -0.310 e. The van der Waals surface area contributed by atoms with Crippen LogP contribution in [0.3, 0.4) is 0 Å². The predicted molar refractivity (Wildman–Crippen MR) is 77.1 cm³/mol. The Labute approximate surface area is 113 Å². The second-order valence-electron chi connectivity index (χ2n) is 5.24. The first kappa shape index (κ1) is 13.1.